The van der Waals surface area contributed by atoms with Crippen LogP contribution in [0.4, 0.5) is 0 Å². The summed E-state index contributed by atoms with van der Waals surface area (Å²) in [6.45, 7) is 5.40. The molecular formula is C19H22O6. The van der Waals surface area contributed by atoms with Gasteiger partial charge < -0.3 is 20.4 Å². The fourth-order valence-corrected chi connectivity index (χ4v) is 5.93. The summed E-state index contributed by atoms with van der Waals surface area (Å²) < 4.78 is 0. The number of fused-ring (bicyclic) bond motifs is 2. The summed E-state index contributed by atoms with van der Waals surface area (Å²) in [7, 11) is 0. The molecule has 0 saturated heterocycles. The minimum Gasteiger partial charge on any atom is -0.481 e. The van der Waals surface area contributed by atoms with E-state index >= 15 is 0 Å². The summed E-state index contributed by atoms with van der Waals surface area (Å²) >= 11 is 0. The molecule has 25 heavy (non-hydrogen) atoms. The van der Waals surface area contributed by atoms with Crippen molar-refractivity contribution in [2.75, 3.05) is 0 Å². The third kappa shape index (κ3) is 1.71. The van der Waals surface area contributed by atoms with Gasteiger partial charge in [0.2, 0.25) is 0 Å². The highest BCUT2D eigenvalue weighted by Gasteiger charge is 2.70. The van der Waals surface area contributed by atoms with Crippen LogP contribution in [-0.2, 0) is 9.59 Å². The fraction of sp³-hybridized carbons (Fsp3) is 0.579. The zero-order valence-electron chi connectivity index (χ0n) is 14.0. The van der Waals surface area contributed by atoms with Crippen molar-refractivity contribution in [2.45, 2.75) is 44.3 Å². The van der Waals surface area contributed by atoms with Crippen molar-refractivity contribution < 1.29 is 30.0 Å². The molecule has 1 unspecified atom stereocenters. The van der Waals surface area contributed by atoms with E-state index in [1.54, 1.807) is 6.08 Å². The van der Waals surface area contributed by atoms with E-state index in [2.05, 4.69) is 6.58 Å². The topological polar surface area (TPSA) is 115 Å². The Labute approximate surface area is 145 Å². The summed E-state index contributed by atoms with van der Waals surface area (Å²) in [6.07, 6.45) is 3.52. The second kappa shape index (κ2) is 4.62. The number of carboxylic acids is 2. The van der Waals surface area contributed by atoms with Crippen LogP contribution in [0, 0.1) is 22.7 Å². The predicted molar refractivity (Wildman–Crippen MR) is 87.5 cm³/mol. The van der Waals surface area contributed by atoms with Crippen LogP contribution in [0.5, 0.6) is 0 Å². The number of aliphatic carboxylic acids is 2. The molecule has 6 atom stereocenters. The summed E-state index contributed by atoms with van der Waals surface area (Å²) in [5.41, 5.74) is -1.21. The van der Waals surface area contributed by atoms with E-state index in [4.69, 9.17) is 0 Å². The molecule has 0 radical (unpaired) electrons. The summed E-state index contributed by atoms with van der Waals surface area (Å²) in [4.78, 5) is 24.3. The molecule has 6 heteroatoms. The summed E-state index contributed by atoms with van der Waals surface area (Å²) in [5, 5.41) is 41.1. The van der Waals surface area contributed by atoms with E-state index in [9.17, 15) is 30.0 Å². The number of hydrogen-bond acceptors (Lipinski definition) is 4. The second-order valence-electron chi connectivity index (χ2n) is 8.26. The Bertz CT molecular complexity index is 779. The van der Waals surface area contributed by atoms with Gasteiger partial charge in [0.15, 0.2) is 0 Å². The summed E-state index contributed by atoms with van der Waals surface area (Å²) in [6, 6.07) is 0. The molecular weight excluding hydrogens is 324 g/mol. The van der Waals surface area contributed by atoms with Crippen molar-refractivity contribution in [1.82, 2.24) is 0 Å². The molecule has 4 N–H and O–H groups in total. The van der Waals surface area contributed by atoms with Gasteiger partial charge in [-0.2, -0.15) is 0 Å². The van der Waals surface area contributed by atoms with E-state index in [0.717, 1.165) is 11.1 Å². The summed E-state index contributed by atoms with van der Waals surface area (Å²) in [5.74, 6) is -4.11. The molecule has 0 aromatic heterocycles. The lowest BCUT2D eigenvalue weighted by Crippen LogP contribution is -2.52. The highest BCUT2D eigenvalue weighted by Crippen LogP contribution is 2.71. The van der Waals surface area contributed by atoms with Crippen LogP contribution in [0.2, 0.25) is 0 Å². The van der Waals surface area contributed by atoms with E-state index in [0.29, 0.717) is 24.8 Å². The van der Waals surface area contributed by atoms with E-state index in [1.165, 1.54) is 13.0 Å². The molecule has 0 aliphatic heterocycles. The molecule has 2 fully saturated rings. The number of aliphatic hydroxyl groups is 2. The monoisotopic (exact) mass is 346 g/mol. The van der Waals surface area contributed by atoms with Crippen LogP contribution < -0.4 is 0 Å². The standard InChI is InChI=1S/C19H22O6/c1-9-7-18-8-19(9,25)6-5-11(18)10-3-4-12(20)17(2,16(23)24)13(10)14(18)15(21)22/h3-4,12-14,20,25H,1,5-8H2,2H3,(H,21,22)(H,23,24)/t12-,13+,14+,17?,18-,19-/m0/s1. The van der Waals surface area contributed by atoms with Crippen molar-refractivity contribution in [2.24, 2.45) is 22.7 Å². The second-order valence-corrected chi connectivity index (χ2v) is 8.26. The highest BCUT2D eigenvalue weighted by molar-refractivity contribution is 5.83. The number of aliphatic hydroxyl groups excluding tert-OH is 1. The van der Waals surface area contributed by atoms with Crippen molar-refractivity contribution in [3.8, 4) is 0 Å². The smallest absolute Gasteiger partial charge is 0.312 e. The quantitative estimate of drug-likeness (QED) is 0.563. The van der Waals surface area contributed by atoms with Crippen LogP contribution in [0.3, 0.4) is 0 Å². The zero-order valence-corrected chi connectivity index (χ0v) is 14.0. The molecule has 0 aromatic rings. The third-order valence-corrected chi connectivity index (χ3v) is 7.24. The number of allylic oxidation sites excluding steroid dienone is 3. The molecule has 1 spiro atoms. The van der Waals surface area contributed by atoms with E-state index < -0.39 is 46.3 Å². The Morgan fingerprint density at radius 2 is 2.00 bits per heavy atom. The average molecular weight is 346 g/mol. The molecule has 2 saturated carbocycles. The van der Waals surface area contributed by atoms with Crippen molar-refractivity contribution in [3.63, 3.8) is 0 Å². The van der Waals surface area contributed by atoms with Gasteiger partial charge in [0.1, 0.15) is 5.41 Å². The van der Waals surface area contributed by atoms with E-state index in [-0.39, 0.29) is 6.42 Å². The van der Waals surface area contributed by atoms with Crippen LogP contribution in [0.15, 0.2) is 35.5 Å². The Morgan fingerprint density at radius 1 is 1.32 bits per heavy atom. The first-order chi connectivity index (χ1) is 11.6. The van der Waals surface area contributed by atoms with Gasteiger partial charge >= 0.3 is 11.9 Å². The lowest BCUT2D eigenvalue weighted by molar-refractivity contribution is -0.164. The molecule has 2 bridgehead atoms. The first kappa shape index (κ1) is 16.5. The maximum atomic E-state index is 12.3. The highest BCUT2D eigenvalue weighted by atomic mass is 16.4. The molecule has 0 aromatic carbocycles. The number of carboxylic acid groups (broad SMARTS) is 2. The third-order valence-electron chi connectivity index (χ3n) is 7.24. The molecule has 4 aliphatic carbocycles. The Kier molecular flexibility index (Phi) is 3.06. The van der Waals surface area contributed by atoms with Gasteiger partial charge in [-0.15, -0.1) is 0 Å². The van der Waals surface area contributed by atoms with Gasteiger partial charge in [0, 0.05) is 11.3 Å². The minimum absolute atomic E-state index is 0.269. The van der Waals surface area contributed by atoms with Gasteiger partial charge in [0.05, 0.1) is 17.6 Å². The first-order valence-electron chi connectivity index (χ1n) is 8.54. The Balaban J connectivity index is 1.98. The number of hydrogen-bond donors (Lipinski definition) is 4. The van der Waals surface area contributed by atoms with Gasteiger partial charge in [-0.05, 0) is 43.8 Å². The van der Waals surface area contributed by atoms with E-state index in [1.807, 2.05) is 0 Å². The first-order valence-corrected chi connectivity index (χ1v) is 8.54. The largest absolute Gasteiger partial charge is 0.481 e. The Hall–Kier alpha value is -1.92. The molecule has 0 amide bonds. The van der Waals surface area contributed by atoms with Gasteiger partial charge in [-0.3, -0.25) is 9.59 Å². The fourth-order valence-electron chi connectivity index (χ4n) is 5.93. The van der Waals surface area contributed by atoms with Gasteiger partial charge in [-0.1, -0.05) is 24.3 Å². The van der Waals surface area contributed by atoms with Crippen LogP contribution in [0.1, 0.15) is 32.6 Å². The number of rotatable bonds is 2. The molecule has 4 rings (SSSR count). The lowest BCUT2D eigenvalue weighted by atomic mass is 9.59. The molecule has 4 aliphatic rings. The van der Waals surface area contributed by atoms with Crippen molar-refractivity contribution >= 4 is 11.9 Å². The molecule has 6 nitrogen and oxygen atoms in total. The SMILES string of the molecule is C=C1C[C@]23C[C@@]1(O)CCC2=C1C=C[C@H](O)C(C)(C(=O)O)[C@H]1[C@@H]3C(=O)O. The van der Waals surface area contributed by atoms with Gasteiger partial charge in [-0.25, -0.2) is 0 Å². The lowest BCUT2D eigenvalue weighted by Gasteiger charge is -2.43. The normalized spacial score (nSPS) is 47.6. The minimum atomic E-state index is -1.62. The van der Waals surface area contributed by atoms with Crippen LogP contribution in [0.25, 0.3) is 0 Å². The van der Waals surface area contributed by atoms with Crippen molar-refractivity contribution in [3.05, 3.63) is 35.5 Å². The van der Waals surface area contributed by atoms with Crippen LogP contribution >= 0.6 is 0 Å². The zero-order chi connectivity index (χ0) is 18.4. The average Bonchev–Trinajstić information content (AvgIpc) is 2.90. The van der Waals surface area contributed by atoms with Crippen molar-refractivity contribution in [1.29, 1.82) is 0 Å². The number of carbonyl (C=O) groups is 2. The predicted octanol–water partition coefficient (Wildman–Crippen LogP) is 1.50. The maximum Gasteiger partial charge on any atom is 0.312 e. The Morgan fingerprint density at radius 3 is 2.60 bits per heavy atom. The van der Waals surface area contributed by atoms with Gasteiger partial charge in [0.25, 0.3) is 0 Å². The maximum absolute atomic E-state index is 12.3. The molecule has 134 valence electrons. The molecule has 0 heterocycles. The van der Waals surface area contributed by atoms with Crippen LogP contribution in [-0.4, -0.2) is 44.1 Å².